The second-order valence-electron chi connectivity index (χ2n) is 6.99. The second-order valence-corrected chi connectivity index (χ2v) is 6.99. The van der Waals surface area contributed by atoms with Crippen LogP contribution in [0.3, 0.4) is 0 Å². The third kappa shape index (κ3) is 4.12. The second kappa shape index (κ2) is 9.07. The summed E-state index contributed by atoms with van der Waals surface area (Å²) in [7, 11) is 0. The van der Waals surface area contributed by atoms with E-state index in [-0.39, 0.29) is 22.4 Å². The Morgan fingerprint density at radius 3 is 2.55 bits per heavy atom. The standard InChI is InChI=1S/C17H13F3N2O.C5H5N5/c1-2-5-14-21-12-8-3-6-10(18)15(12)17(23)22(14)13-9-4-7-11(19)16(13)20;6-4-3-5(9-1-7-3)10-2-8-4/h3-4,6-9H,2,5H2,1H3;1-2H,(H3,6,7,8,9,10). The van der Waals surface area contributed by atoms with Gasteiger partial charge in [0.2, 0.25) is 0 Å². The van der Waals surface area contributed by atoms with Crippen LogP contribution >= 0.6 is 0 Å². The van der Waals surface area contributed by atoms with Gasteiger partial charge in [0.05, 0.1) is 17.5 Å². The van der Waals surface area contributed by atoms with Crippen LogP contribution in [0.15, 0.2) is 53.8 Å². The summed E-state index contributed by atoms with van der Waals surface area (Å²) in [4.78, 5) is 31.3. The summed E-state index contributed by atoms with van der Waals surface area (Å²) in [6, 6.07) is 7.63. The molecule has 0 atom stereocenters. The van der Waals surface area contributed by atoms with E-state index in [1.165, 1.54) is 36.9 Å². The Kier molecular flexibility index (Phi) is 6.03. The molecule has 0 fully saturated rings. The highest BCUT2D eigenvalue weighted by Gasteiger charge is 2.18. The maximum absolute atomic E-state index is 14.1. The molecule has 2 aromatic carbocycles. The van der Waals surface area contributed by atoms with Crippen molar-refractivity contribution >= 4 is 27.9 Å². The predicted molar refractivity (Wildman–Crippen MR) is 117 cm³/mol. The summed E-state index contributed by atoms with van der Waals surface area (Å²) < 4.78 is 42.6. The fraction of sp³-hybridized carbons (Fsp3) is 0.136. The van der Waals surface area contributed by atoms with E-state index < -0.39 is 23.0 Å². The van der Waals surface area contributed by atoms with Crippen LogP contribution in [-0.2, 0) is 6.42 Å². The Bertz CT molecular complexity index is 1510. The highest BCUT2D eigenvalue weighted by atomic mass is 19.2. The van der Waals surface area contributed by atoms with Crippen LogP contribution in [0.2, 0.25) is 0 Å². The highest BCUT2D eigenvalue weighted by Crippen LogP contribution is 2.20. The number of H-pyrrole nitrogens is 1. The van der Waals surface area contributed by atoms with Crippen molar-refractivity contribution in [1.29, 1.82) is 0 Å². The smallest absolute Gasteiger partial charge is 0.269 e. The molecule has 5 aromatic rings. The van der Waals surface area contributed by atoms with Gasteiger partial charge < -0.3 is 10.7 Å². The minimum absolute atomic E-state index is 0.200. The molecule has 0 aliphatic heterocycles. The Hall–Kier alpha value is -4.28. The third-order valence-corrected chi connectivity index (χ3v) is 4.81. The predicted octanol–water partition coefficient (Wildman–Crippen LogP) is 3.69. The fourth-order valence-corrected chi connectivity index (χ4v) is 3.32. The van der Waals surface area contributed by atoms with Crippen LogP contribution in [0.25, 0.3) is 27.8 Å². The zero-order valence-electron chi connectivity index (χ0n) is 17.4. The van der Waals surface area contributed by atoms with Crippen molar-refractivity contribution in [3.8, 4) is 5.69 Å². The molecule has 0 saturated heterocycles. The number of hydrogen-bond donors (Lipinski definition) is 2. The molecule has 3 N–H and O–H groups in total. The number of fused-ring (bicyclic) bond motifs is 2. The Balaban J connectivity index is 0.000000214. The first-order valence-corrected chi connectivity index (χ1v) is 9.96. The van der Waals surface area contributed by atoms with Crippen LogP contribution in [-0.4, -0.2) is 29.5 Å². The number of halogens is 3. The van der Waals surface area contributed by atoms with Gasteiger partial charge in [0, 0.05) is 6.42 Å². The average Bonchev–Trinajstić information content (AvgIpc) is 3.27. The van der Waals surface area contributed by atoms with Crippen LogP contribution in [0.1, 0.15) is 19.2 Å². The number of rotatable bonds is 3. The summed E-state index contributed by atoms with van der Waals surface area (Å²) in [5, 5.41) is -0.240. The van der Waals surface area contributed by atoms with Gasteiger partial charge in [-0.25, -0.2) is 33.1 Å². The first-order valence-electron chi connectivity index (χ1n) is 9.96. The van der Waals surface area contributed by atoms with E-state index in [1.807, 2.05) is 6.92 Å². The van der Waals surface area contributed by atoms with E-state index in [0.717, 1.165) is 16.7 Å². The molecule has 0 saturated carbocycles. The molecule has 0 radical (unpaired) electrons. The molecule has 0 bridgehead atoms. The number of hydrogen-bond acceptors (Lipinski definition) is 6. The number of nitrogens with two attached hydrogens (primary N) is 1. The first kappa shape index (κ1) is 21.9. The van der Waals surface area contributed by atoms with Gasteiger partial charge in [-0.15, -0.1) is 0 Å². The van der Waals surface area contributed by atoms with E-state index >= 15 is 0 Å². The monoisotopic (exact) mass is 453 g/mol. The minimum Gasteiger partial charge on any atom is -0.382 e. The number of aromatic nitrogens is 6. The lowest BCUT2D eigenvalue weighted by atomic mass is 10.2. The Morgan fingerprint density at radius 1 is 1.03 bits per heavy atom. The SMILES string of the molecule is CCCc1nc2cccc(F)c2c(=O)n1-c1cccc(F)c1F.Nc1ncnc2nc[nH]c12. The Morgan fingerprint density at radius 2 is 1.79 bits per heavy atom. The molecule has 3 aromatic heterocycles. The lowest BCUT2D eigenvalue weighted by Gasteiger charge is -2.14. The molecular formula is C22H18F3N7O. The van der Waals surface area contributed by atoms with Gasteiger partial charge in [-0.3, -0.25) is 9.36 Å². The zero-order chi connectivity index (χ0) is 23.5. The van der Waals surface area contributed by atoms with Gasteiger partial charge in [-0.05, 0) is 30.7 Å². The molecule has 0 aliphatic rings. The van der Waals surface area contributed by atoms with Gasteiger partial charge in [0.1, 0.15) is 28.9 Å². The lowest BCUT2D eigenvalue weighted by Crippen LogP contribution is -2.25. The number of imidazole rings is 1. The fourth-order valence-electron chi connectivity index (χ4n) is 3.32. The highest BCUT2D eigenvalue weighted by molar-refractivity contribution is 5.80. The van der Waals surface area contributed by atoms with Crippen molar-refractivity contribution in [3.63, 3.8) is 0 Å². The van der Waals surface area contributed by atoms with Gasteiger partial charge in [0.15, 0.2) is 23.1 Å². The average molecular weight is 453 g/mol. The summed E-state index contributed by atoms with van der Waals surface area (Å²) in [5.74, 6) is -2.29. The van der Waals surface area contributed by atoms with Crippen molar-refractivity contribution in [2.45, 2.75) is 19.8 Å². The van der Waals surface area contributed by atoms with Gasteiger partial charge in [0.25, 0.3) is 5.56 Å². The van der Waals surface area contributed by atoms with E-state index in [0.29, 0.717) is 29.8 Å². The van der Waals surface area contributed by atoms with E-state index in [1.54, 1.807) is 0 Å². The summed E-state index contributed by atoms with van der Waals surface area (Å²) >= 11 is 0. The van der Waals surface area contributed by atoms with Crippen LogP contribution < -0.4 is 11.3 Å². The van der Waals surface area contributed by atoms with Crippen molar-refractivity contribution in [2.24, 2.45) is 0 Å². The molecule has 168 valence electrons. The van der Waals surface area contributed by atoms with Crippen molar-refractivity contribution in [2.75, 3.05) is 5.73 Å². The number of nitrogen functional groups attached to an aromatic ring is 1. The molecule has 0 unspecified atom stereocenters. The first-order chi connectivity index (χ1) is 15.9. The zero-order valence-corrected chi connectivity index (χ0v) is 17.4. The van der Waals surface area contributed by atoms with Crippen molar-refractivity contribution in [3.05, 3.63) is 82.7 Å². The molecular weight excluding hydrogens is 435 g/mol. The van der Waals surface area contributed by atoms with Crippen LogP contribution in [0.4, 0.5) is 19.0 Å². The molecule has 0 amide bonds. The molecule has 0 aliphatic carbocycles. The maximum Gasteiger partial charge on any atom is 0.269 e. The van der Waals surface area contributed by atoms with Gasteiger partial charge in [-0.2, -0.15) is 0 Å². The van der Waals surface area contributed by atoms with Gasteiger partial charge in [-0.1, -0.05) is 19.1 Å². The number of aryl methyl sites for hydroxylation is 1. The van der Waals surface area contributed by atoms with Crippen molar-refractivity contribution < 1.29 is 13.2 Å². The maximum atomic E-state index is 14.1. The molecule has 11 heteroatoms. The number of nitrogens with one attached hydrogen (secondary N) is 1. The summed E-state index contributed by atoms with van der Waals surface area (Å²) in [6.45, 7) is 1.87. The lowest BCUT2D eigenvalue weighted by molar-refractivity contribution is 0.502. The molecule has 3 heterocycles. The summed E-state index contributed by atoms with van der Waals surface area (Å²) in [5.41, 5.74) is 5.96. The Labute approximate surface area is 185 Å². The van der Waals surface area contributed by atoms with E-state index in [2.05, 4.69) is 24.9 Å². The third-order valence-electron chi connectivity index (χ3n) is 4.81. The molecule has 0 spiro atoms. The van der Waals surface area contributed by atoms with Gasteiger partial charge >= 0.3 is 0 Å². The number of benzene rings is 2. The topological polar surface area (TPSA) is 115 Å². The number of nitrogens with zero attached hydrogens (tertiary/aromatic N) is 5. The number of anilines is 1. The molecule has 5 rings (SSSR count). The minimum atomic E-state index is -1.16. The molecule has 33 heavy (non-hydrogen) atoms. The van der Waals surface area contributed by atoms with E-state index in [4.69, 9.17) is 5.73 Å². The number of aromatic amines is 1. The van der Waals surface area contributed by atoms with E-state index in [9.17, 15) is 18.0 Å². The van der Waals surface area contributed by atoms with Crippen molar-refractivity contribution in [1.82, 2.24) is 29.5 Å². The quantitative estimate of drug-likeness (QED) is 0.431. The van der Waals surface area contributed by atoms with Crippen LogP contribution in [0, 0.1) is 17.5 Å². The largest absolute Gasteiger partial charge is 0.382 e. The summed E-state index contributed by atoms with van der Waals surface area (Å²) in [6.07, 6.45) is 3.94. The normalized spacial score (nSPS) is 10.9. The molecule has 8 nitrogen and oxygen atoms in total. The van der Waals surface area contributed by atoms with Crippen LogP contribution in [0.5, 0.6) is 0 Å².